The minimum Gasteiger partial charge on any atom is -0.444 e. The molecule has 0 aliphatic carbocycles. The van der Waals surface area contributed by atoms with Crippen LogP contribution in [0.25, 0.3) is 11.0 Å². The first-order valence-corrected chi connectivity index (χ1v) is 17.7. The molecule has 4 aromatic rings. The monoisotopic (exact) mass is 633 g/mol. The molecule has 3 fully saturated rings. The number of para-hydroxylation sites is 2. The van der Waals surface area contributed by atoms with Gasteiger partial charge >= 0.3 is 6.09 Å². The van der Waals surface area contributed by atoms with Gasteiger partial charge in [-0.25, -0.2) is 9.78 Å². The fraction of sp³-hybridized carbons (Fsp3) is 0.500. The SMILES string of the molecule is Cc1nc2ccccc2n1C1C[C@H]2CC[C@@H](C1)N2CCC1(c2ccccc2)CCN(Cc2cccc(NC(=O)OC(C)(C)C)c2)CC1. The molecule has 7 heteroatoms. The third-order valence-electron chi connectivity index (χ3n) is 11.0. The smallest absolute Gasteiger partial charge is 0.412 e. The lowest BCUT2D eigenvalue weighted by atomic mass is 9.70. The summed E-state index contributed by atoms with van der Waals surface area (Å²) in [7, 11) is 0. The molecule has 1 unspecified atom stereocenters. The zero-order chi connectivity index (χ0) is 32.6. The van der Waals surface area contributed by atoms with E-state index in [9.17, 15) is 4.79 Å². The Morgan fingerprint density at radius 3 is 2.34 bits per heavy atom. The normalized spacial score (nSPS) is 23.2. The number of ether oxygens (including phenoxy) is 1. The van der Waals surface area contributed by atoms with Crippen LogP contribution in [0.3, 0.4) is 0 Å². The number of carbonyl (C=O) groups excluding carboxylic acids is 1. The van der Waals surface area contributed by atoms with Crippen LogP contribution in [0.15, 0.2) is 78.9 Å². The number of aromatic nitrogens is 2. The fourth-order valence-corrected chi connectivity index (χ4v) is 8.83. The van der Waals surface area contributed by atoms with Crippen LogP contribution in [0.5, 0.6) is 0 Å². The number of benzene rings is 3. The highest BCUT2D eigenvalue weighted by molar-refractivity contribution is 5.85. The van der Waals surface area contributed by atoms with Gasteiger partial charge in [-0.15, -0.1) is 0 Å². The van der Waals surface area contributed by atoms with E-state index in [1.807, 2.05) is 32.9 Å². The van der Waals surface area contributed by atoms with Crippen molar-refractivity contribution >= 4 is 22.8 Å². The summed E-state index contributed by atoms with van der Waals surface area (Å²) in [6.45, 7) is 12.0. The summed E-state index contributed by atoms with van der Waals surface area (Å²) in [4.78, 5) is 22.7. The van der Waals surface area contributed by atoms with Crippen molar-refractivity contribution in [1.29, 1.82) is 0 Å². The van der Waals surface area contributed by atoms with Crippen molar-refractivity contribution in [3.63, 3.8) is 0 Å². The van der Waals surface area contributed by atoms with Crippen LogP contribution in [0.1, 0.15) is 88.7 Å². The van der Waals surface area contributed by atoms with E-state index >= 15 is 0 Å². The minimum atomic E-state index is -0.522. The molecule has 1 N–H and O–H groups in total. The highest BCUT2D eigenvalue weighted by atomic mass is 16.6. The van der Waals surface area contributed by atoms with E-state index < -0.39 is 11.7 Å². The second-order valence-corrected chi connectivity index (χ2v) is 15.3. The predicted octanol–water partition coefficient (Wildman–Crippen LogP) is 8.48. The Morgan fingerprint density at radius 2 is 1.62 bits per heavy atom. The fourth-order valence-electron chi connectivity index (χ4n) is 8.83. The van der Waals surface area contributed by atoms with E-state index in [0.717, 1.165) is 36.7 Å². The van der Waals surface area contributed by atoms with Gasteiger partial charge in [-0.05, 0) is 133 Å². The largest absolute Gasteiger partial charge is 0.444 e. The Labute approximate surface area is 280 Å². The van der Waals surface area contributed by atoms with E-state index in [1.165, 1.54) is 68.1 Å². The second-order valence-electron chi connectivity index (χ2n) is 15.3. The summed E-state index contributed by atoms with van der Waals surface area (Å²) in [5, 5.41) is 2.90. The third-order valence-corrected chi connectivity index (χ3v) is 11.0. The van der Waals surface area contributed by atoms with Crippen LogP contribution in [-0.2, 0) is 16.7 Å². The van der Waals surface area contributed by atoms with Gasteiger partial charge in [-0.1, -0.05) is 54.6 Å². The lowest BCUT2D eigenvalue weighted by Crippen LogP contribution is -2.48. The molecule has 3 saturated heterocycles. The number of hydrogen-bond acceptors (Lipinski definition) is 5. The quantitative estimate of drug-likeness (QED) is 0.211. The maximum absolute atomic E-state index is 12.3. The van der Waals surface area contributed by atoms with Crippen molar-refractivity contribution in [1.82, 2.24) is 19.4 Å². The number of rotatable bonds is 8. The van der Waals surface area contributed by atoms with Crippen molar-refractivity contribution in [2.45, 2.75) is 108 Å². The molecule has 3 aromatic carbocycles. The van der Waals surface area contributed by atoms with Gasteiger partial charge in [0.05, 0.1) is 11.0 Å². The predicted molar refractivity (Wildman–Crippen MR) is 190 cm³/mol. The maximum Gasteiger partial charge on any atom is 0.412 e. The van der Waals surface area contributed by atoms with E-state index in [2.05, 4.69) is 93.3 Å². The molecule has 3 aliphatic heterocycles. The lowest BCUT2D eigenvalue weighted by Gasteiger charge is -2.45. The molecule has 7 rings (SSSR count). The maximum atomic E-state index is 12.3. The van der Waals surface area contributed by atoms with Gasteiger partial charge < -0.3 is 9.30 Å². The molecule has 3 aliphatic rings. The molecule has 248 valence electrons. The average molecular weight is 634 g/mol. The van der Waals surface area contributed by atoms with Gasteiger partial charge in [-0.3, -0.25) is 15.1 Å². The van der Waals surface area contributed by atoms with Crippen LogP contribution in [0.4, 0.5) is 10.5 Å². The Balaban J connectivity index is 0.999. The van der Waals surface area contributed by atoms with Crippen molar-refractivity contribution in [3.8, 4) is 0 Å². The Bertz CT molecular complexity index is 1670. The van der Waals surface area contributed by atoms with Gasteiger partial charge in [0.25, 0.3) is 0 Å². The molecule has 0 saturated carbocycles. The molecule has 4 heterocycles. The molecule has 1 aromatic heterocycles. The topological polar surface area (TPSA) is 62.6 Å². The van der Waals surface area contributed by atoms with Crippen LogP contribution < -0.4 is 5.32 Å². The number of carbonyl (C=O) groups is 1. The highest BCUT2D eigenvalue weighted by Crippen LogP contribution is 2.45. The number of nitrogens with one attached hydrogen (secondary N) is 1. The molecule has 0 spiro atoms. The van der Waals surface area contributed by atoms with Gasteiger partial charge in [0, 0.05) is 30.4 Å². The second kappa shape index (κ2) is 13.1. The number of nitrogens with zero attached hydrogens (tertiary/aromatic N) is 4. The summed E-state index contributed by atoms with van der Waals surface area (Å²) in [5.74, 6) is 1.16. The van der Waals surface area contributed by atoms with Gasteiger partial charge in [-0.2, -0.15) is 0 Å². The van der Waals surface area contributed by atoms with Gasteiger partial charge in [0.1, 0.15) is 11.4 Å². The molecular weight excluding hydrogens is 582 g/mol. The van der Waals surface area contributed by atoms with Crippen LogP contribution in [0.2, 0.25) is 0 Å². The van der Waals surface area contributed by atoms with Crippen molar-refractivity contribution in [3.05, 3.63) is 95.8 Å². The first-order chi connectivity index (χ1) is 22.7. The minimum absolute atomic E-state index is 0.200. The van der Waals surface area contributed by atoms with E-state index in [4.69, 9.17) is 9.72 Å². The van der Waals surface area contributed by atoms with Gasteiger partial charge in [0.2, 0.25) is 0 Å². The molecule has 0 radical (unpaired) electrons. The Kier molecular flexibility index (Phi) is 8.88. The summed E-state index contributed by atoms with van der Waals surface area (Å²) in [6, 6.07) is 30.0. The average Bonchev–Trinajstić information content (AvgIpc) is 3.50. The molecule has 3 atom stereocenters. The molecular formula is C40H51N5O2. The number of aryl methyl sites for hydroxylation is 1. The van der Waals surface area contributed by atoms with Crippen LogP contribution >= 0.6 is 0 Å². The number of amides is 1. The third kappa shape index (κ3) is 6.97. The van der Waals surface area contributed by atoms with Crippen molar-refractivity contribution < 1.29 is 9.53 Å². The van der Waals surface area contributed by atoms with Crippen molar-refractivity contribution in [2.24, 2.45) is 0 Å². The van der Waals surface area contributed by atoms with E-state index in [-0.39, 0.29) is 5.41 Å². The Hall–Kier alpha value is -3.68. The zero-order valence-electron chi connectivity index (χ0n) is 28.6. The standard InChI is InChI=1S/C40H51N5O2/c1-29-41-36-15-8-9-16-37(36)45(29)35-26-33-17-18-34(27-35)44(33)24-21-40(31-12-6-5-7-13-31)19-22-43(23-20-40)28-30-11-10-14-32(25-30)42-38(46)47-39(2,3)4/h5-16,25,33-35H,17-24,26-28H2,1-4H3,(H,42,46)/t33-,34+,35?. The van der Waals surface area contributed by atoms with Crippen molar-refractivity contribution in [2.75, 3.05) is 25.0 Å². The zero-order valence-corrected chi connectivity index (χ0v) is 28.6. The van der Waals surface area contributed by atoms with Crippen LogP contribution in [-0.4, -0.2) is 62.8 Å². The highest BCUT2D eigenvalue weighted by Gasteiger charge is 2.44. The number of likely N-dealkylation sites (tertiary alicyclic amines) is 1. The number of fused-ring (bicyclic) bond motifs is 3. The molecule has 2 bridgehead atoms. The van der Waals surface area contributed by atoms with E-state index in [0.29, 0.717) is 18.1 Å². The number of piperidine rings is 2. The van der Waals surface area contributed by atoms with Gasteiger partial charge in [0.15, 0.2) is 0 Å². The summed E-state index contributed by atoms with van der Waals surface area (Å²) in [6.07, 6.45) is 8.23. The number of imidazole rings is 1. The first-order valence-electron chi connectivity index (χ1n) is 17.7. The Morgan fingerprint density at radius 1 is 0.915 bits per heavy atom. The van der Waals surface area contributed by atoms with E-state index in [1.54, 1.807) is 0 Å². The molecule has 1 amide bonds. The van der Waals surface area contributed by atoms with Crippen LogP contribution in [0, 0.1) is 6.92 Å². The summed E-state index contributed by atoms with van der Waals surface area (Å²) in [5.41, 5.74) is 5.60. The number of hydrogen-bond donors (Lipinski definition) is 1. The summed E-state index contributed by atoms with van der Waals surface area (Å²) < 4.78 is 8.00. The molecule has 7 nitrogen and oxygen atoms in total. The number of anilines is 1. The lowest BCUT2D eigenvalue weighted by molar-refractivity contribution is 0.0636. The first kappa shape index (κ1) is 31.9. The molecule has 47 heavy (non-hydrogen) atoms. The summed E-state index contributed by atoms with van der Waals surface area (Å²) >= 11 is 0.